The van der Waals surface area contributed by atoms with Crippen molar-refractivity contribution in [1.82, 2.24) is 0 Å². The largest absolute Gasteiger partial charge is 0.413 e. The van der Waals surface area contributed by atoms with Crippen molar-refractivity contribution in [2.45, 2.75) is 0 Å². The quantitative estimate of drug-likeness (QED) is 0.237. The van der Waals surface area contributed by atoms with Gasteiger partial charge in [0.25, 0.3) is 0 Å². The van der Waals surface area contributed by atoms with Crippen molar-refractivity contribution in [3.05, 3.63) is 182 Å². The van der Waals surface area contributed by atoms with Crippen molar-refractivity contribution < 1.29 is 24.7 Å². The first-order chi connectivity index (χ1) is 23.8. The Balaban J connectivity index is 1.38. The molecular weight excluding hydrogens is 697 g/mol. The molecule has 7 rings (SSSR count). The minimum atomic E-state index is -2.60. The normalized spacial score (nSPS) is 23.8. The van der Waals surface area contributed by atoms with E-state index in [4.69, 9.17) is 24.7 Å². The number of rotatable bonds is 6. The van der Waals surface area contributed by atoms with E-state index in [0.717, 1.165) is 31.1 Å². The minimum Gasteiger partial charge on any atom is -0.413 e. The molecule has 0 atom stereocenters. The number of benzene rings is 6. The van der Waals surface area contributed by atoms with Crippen LogP contribution in [0.25, 0.3) is 0 Å². The van der Waals surface area contributed by atoms with Crippen LogP contribution in [0.15, 0.2) is 182 Å². The molecule has 1 fully saturated rings. The summed E-state index contributed by atoms with van der Waals surface area (Å²) in [4.78, 5) is 0. The highest BCUT2D eigenvalue weighted by Gasteiger charge is 2.38. The van der Waals surface area contributed by atoms with E-state index >= 15 is 0 Å². The maximum atomic E-state index is 7.21. The van der Waals surface area contributed by atoms with E-state index in [1.165, 1.54) is 0 Å². The predicted molar refractivity (Wildman–Crippen MR) is 206 cm³/mol. The van der Waals surface area contributed by atoms with Crippen molar-refractivity contribution in [2.24, 2.45) is 0 Å². The lowest BCUT2D eigenvalue weighted by molar-refractivity contribution is 0.310. The van der Waals surface area contributed by atoms with Crippen LogP contribution in [0.1, 0.15) is 0 Å². The van der Waals surface area contributed by atoms with Gasteiger partial charge >= 0.3 is 55.7 Å². The molecule has 0 radical (unpaired) electrons. The Labute approximate surface area is 292 Å². The van der Waals surface area contributed by atoms with Crippen LogP contribution in [0.4, 0.5) is 0 Å². The maximum absolute atomic E-state index is 7.21. The van der Waals surface area contributed by atoms with Gasteiger partial charge in [-0.15, -0.1) is 0 Å². The summed E-state index contributed by atoms with van der Waals surface area (Å²) < 4.78 is 43.3. The van der Waals surface area contributed by atoms with Crippen LogP contribution in [0.2, 0.25) is 0 Å². The van der Waals surface area contributed by atoms with Crippen molar-refractivity contribution in [1.29, 1.82) is 0 Å². The predicted octanol–water partition coefficient (Wildman–Crippen LogP) is 0.866. The summed E-state index contributed by atoms with van der Waals surface area (Å²) in [6.45, 7) is 0. The van der Waals surface area contributed by atoms with Crippen molar-refractivity contribution >= 4 is 86.8 Å². The lowest BCUT2D eigenvalue weighted by Gasteiger charge is -2.34. The number of hydrogen-bond acceptors (Lipinski definition) is 6. The van der Waals surface area contributed by atoms with E-state index in [9.17, 15) is 0 Å². The second-order valence-corrected chi connectivity index (χ2v) is 25.8. The average Bonchev–Trinajstić information content (AvgIpc) is 3.17. The molecule has 6 nitrogen and oxygen atoms in total. The third kappa shape index (κ3) is 8.50. The average molecular weight is 733 g/mol. The molecule has 1 heterocycles. The molecule has 12 heteroatoms. The molecular formula is C36H36O6Si6. The Morgan fingerprint density at radius 1 is 0.188 bits per heavy atom. The molecule has 0 bridgehead atoms. The fourth-order valence-electron chi connectivity index (χ4n) is 5.47. The number of hydrogen-bond donors (Lipinski definition) is 0. The minimum absolute atomic E-state index is 1.04. The van der Waals surface area contributed by atoms with E-state index in [0.29, 0.717) is 0 Å². The van der Waals surface area contributed by atoms with Crippen LogP contribution in [0.5, 0.6) is 0 Å². The first kappa shape index (κ1) is 32.9. The molecule has 1 aliphatic rings. The van der Waals surface area contributed by atoms with Crippen molar-refractivity contribution in [2.75, 3.05) is 0 Å². The summed E-state index contributed by atoms with van der Waals surface area (Å²) >= 11 is 0. The van der Waals surface area contributed by atoms with Crippen molar-refractivity contribution in [3.63, 3.8) is 0 Å². The summed E-state index contributed by atoms with van der Waals surface area (Å²) in [5.74, 6) is 0. The molecule has 0 N–H and O–H groups in total. The van der Waals surface area contributed by atoms with Gasteiger partial charge in [0.05, 0.1) is 0 Å². The van der Waals surface area contributed by atoms with Gasteiger partial charge in [0.1, 0.15) is 0 Å². The molecule has 0 unspecified atom stereocenters. The van der Waals surface area contributed by atoms with Gasteiger partial charge in [0.15, 0.2) is 0 Å². The zero-order valence-electron chi connectivity index (χ0n) is 26.2. The SMILES string of the molecule is c1ccc([SiH]2O[SiH](c3ccccc3)O[SiH](c3ccccc3)O[SiH](c3ccccc3)O[SiH](c3ccccc3)O[SiH](c3ccccc3)O2)cc1. The Kier molecular flexibility index (Phi) is 11.4. The maximum Gasteiger partial charge on any atom is 0.338 e. The van der Waals surface area contributed by atoms with E-state index in [1.807, 2.05) is 109 Å². The fourth-order valence-corrected chi connectivity index (χ4v) is 26.6. The zero-order chi connectivity index (χ0) is 32.4. The van der Waals surface area contributed by atoms with Crippen LogP contribution < -0.4 is 31.1 Å². The first-order valence-electron chi connectivity index (χ1n) is 16.0. The lowest BCUT2D eigenvalue weighted by atomic mass is 10.4. The van der Waals surface area contributed by atoms with Crippen LogP contribution in [0, 0.1) is 0 Å². The Bertz CT molecular complexity index is 1450. The second kappa shape index (κ2) is 16.7. The van der Waals surface area contributed by atoms with Crippen LogP contribution in [-0.4, -0.2) is 55.7 Å². The van der Waals surface area contributed by atoms with Gasteiger partial charge in [-0.2, -0.15) is 0 Å². The second-order valence-electron chi connectivity index (χ2n) is 11.3. The van der Waals surface area contributed by atoms with E-state index in [-0.39, 0.29) is 0 Å². The molecule has 0 spiro atoms. The Morgan fingerprint density at radius 2 is 0.312 bits per heavy atom. The van der Waals surface area contributed by atoms with Gasteiger partial charge in [-0.1, -0.05) is 182 Å². The fraction of sp³-hybridized carbons (Fsp3) is 0. The molecule has 1 aliphatic heterocycles. The molecule has 6 aromatic carbocycles. The summed E-state index contributed by atoms with van der Waals surface area (Å²) in [5.41, 5.74) is 0. The smallest absolute Gasteiger partial charge is 0.338 e. The molecule has 6 aromatic rings. The highest BCUT2D eigenvalue weighted by atomic mass is 28.5. The monoisotopic (exact) mass is 732 g/mol. The summed E-state index contributed by atoms with van der Waals surface area (Å²) in [6.07, 6.45) is 0. The summed E-state index contributed by atoms with van der Waals surface area (Å²) in [5, 5.41) is 6.24. The Morgan fingerprint density at radius 3 is 0.438 bits per heavy atom. The van der Waals surface area contributed by atoms with Crippen LogP contribution in [0.3, 0.4) is 0 Å². The summed E-state index contributed by atoms with van der Waals surface area (Å²) in [6, 6.07) is 61.7. The standard InChI is InChI=1S/C36H36O6Si6/c1-7-19-31(20-8-1)43-37-44(32-21-9-2-10-22-32)39-46(34-25-13-4-14-26-34)41-48(36-29-17-6-18-30-36)42-47(35-27-15-5-16-28-35)40-45(38-43)33-23-11-3-12-24-33/h1-30,43-48H. The molecule has 0 aliphatic carbocycles. The molecule has 0 aromatic heterocycles. The third-order valence-electron chi connectivity index (χ3n) is 7.91. The third-order valence-corrected chi connectivity index (χ3v) is 25.4. The van der Waals surface area contributed by atoms with Gasteiger partial charge in [0, 0.05) is 0 Å². The van der Waals surface area contributed by atoms with Crippen LogP contribution in [-0.2, 0) is 24.7 Å². The van der Waals surface area contributed by atoms with Gasteiger partial charge in [-0.3, -0.25) is 0 Å². The van der Waals surface area contributed by atoms with Crippen LogP contribution >= 0.6 is 0 Å². The van der Waals surface area contributed by atoms with E-state index in [2.05, 4.69) is 72.8 Å². The van der Waals surface area contributed by atoms with Gasteiger partial charge in [-0.05, 0) is 31.1 Å². The lowest BCUT2D eigenvalue weighted by Crippen LogP contribution is -2.61. The van der Waals surface area contributed by atoms with Gasteiger partial charge in [-0.25, -0.2) is 0 Å². The van der Waals surface area contributed by atoms with E-state index < -0.39 is 55.7 Å². The van der Waals surface area contributed by atoms with Gasteiger partial charge < -0.3 is 24.7 Å². The molecule has 240 valence electrons. The van der Waals surface area contributed by atoms with E-state index in [1.54, 1.807) is 0 Å². The topological polar surface area (TPSA) is 55.4 Å². The summed E-state index contributed by atoms with van der Waals surface area (Å²) in [7, 11) is -15.6. The molecule has 0 amide bonds. The molecule has 1 saturated heterocycles. The Hall–Kier alpha value is -3.62. The molecule has 48 heavy (non-hydrogen) atoms. The zero-order valence-corrected chi connectivity index (χ0v) is 33.2. The molecule has 0 saturated carbocycles. The first-order valence-corrected chi connectivity index (χ1v) is 25.1. The highest BCUT2D eigenvalue weighted by Crippen LogP contribution is 2.11. The highest BCUT2D eigenvalue weighted by molar-refractivity contribution is 6.88. The van der Waals surface area contributed by atoms with Gasteiger partial charge in [0.2, 0.25) is 0 Å². The van der Waals surface area contributed by atoms with Crippen molar-refractivity contribution in [3.8, 4) is 0 Å².